The van der Waals surface area contributed by atoms with Gasteiger partial charge in [-0.15, -0.1) is 0 Å². The normalized spacial score (nSPS) is 11.9. The lowest BCUT2D eigenvalue weighted by atomic mass is 10.1. The van der Waals surface area contributed by atoms with Gasteiger partial charge in [0.15, 0.2) is 0 Å². The first-order valence-corrected chi connectivity index (χ1v) is 4.76. The number of aliphatic hydroxyl groups excluding tert-OH is 1. The van der Waals surface area contributed by atoms with Gasteiger partial charge in [-0.25, -0.2) is 8.78 Å². The zero-order chi connectivity index (χ0) is 13.2. The Labute approximate surface area is 95.6 Å². The Morgan fingerprint density at radius 3 is 2.53 bits per heavy atom. The molecule has 1 rings (SSSR count). The predicted molar refractivity (Wildman–Crippen MR) is 58.2 cm³/mol. The van der Waals surface area contributed by atoms with Crippen molar-refractivity contribution in [2.24, 2.45) is 0 Å². The molecule has 1 aromatic rings. The smallest absolute Gasteiger partial charge is 0.300 e. The molecule has 4 nitrogen and oxygen atoms in total. The lowest BCUT2D eigenvalue weighted by Gasteiger charge is -2.04. The van der Waals surface area contributed by atoms with Crippen LogP contribution in [-0.4, -0.2) is 22.3 Å². The number of H-pyrrole nitrogens is 1. The maximum atomic E-state index is 12.0. The zero-order valence-electron chi connectivity index (χ0n) is 9.25. The van der Waals surface area contributed by atoms with Crippen LogP contribution >= 0.6 is 0 Å². The van der Waals surface area contributed by atoms with E-state index in [-0.39, 0.29) is 5.56 Å². The monoisotopic (exact) mass is 243 g/mol. The quantitative estimate of drug-likeness (QED) is 0.627. The number of hydrogen-bond donors (Lipinski definition) is 2. The number of rotatable bonds is 3. The number of nitrogens with one attached hydrogen (secondary N) is 1. The van der Waals surface area contributed by atoms with Crippen LogP contribution < -0.4 is 5.56 Å². The number of aromatic amines is 1. The predicted octanol–water partition coefficient (Wildman–Crippen LogP) is 1.72. The Bertz CT molecular complexity index is 532. The number of carbonyl (C=O) groups excluding carboxylic acids is 1. The highest BCUT2D eigenvalue weighted by atomic mass is 19.3. The molecule has 0 saturated heterocycles. The average molecular weight is 243 g/mol. The summed E-state index contributed by atoms with van der Waals surface area (Å²) in [5.41, 5.74) is 0.175. The van der Waals surface area contributed by atoms with Crippen molar-refractivity contribution < 1.29 is 18.7 Å². The van der Waals surface area contributed by atoms with Crippen molar-refractivity contribution in [3.05, 3.63) is 39.3 Å². The fourth-order valence-corrected chi connectivity index (χ4v) is 1.44. The Balaban J connectivity index is 3.26. The van der Waals surface area contributed by atoms with Crippen LogP contribution in [0, 0.1) is 13.8 Å². The van der Waals surface area contributed by atoms with Gasteiger partial charge in [-0.2, -0.15) is 0 Å². The number of ketones is 1. The number of aryl methyl sites for hydroxylation is 2. The third-order valence-corrected chi connectivity index (χ3v) is 2.12. The third-order valence-electron chi connectivity index (χ3n) is 2.12. The molecule has 0 bridgehead atoms. The van der Waals surface area contributed by atoms with Crippen LogP contribution in [0.2, 0.25) is 0 Å². The third kappa shape index (κ3) is 2.99. The zero-order valence-corrected chi connectivity index (χ0v) is 9.25. The number of halogens is 2. The van der Waals surface area contributed by atoms with Crippen LogP contribution in [0.15, 0.2) is 16.9 Å². The molecule has 17 heavy (non-hydrogen) atoms. The van der Waals surface area contributed by atoms with Gasteiger partial charge in [0.2, 0.25) is 5.78 Å². The summed E-state index contributed by atoms with van der Waals surface area (Å²) in [6, 6.07) is 1.56. The summed E-state index contributed by atoms with van der Waals surface area (Å²) >= 11 is 0. The summed E-state index contributed by atoms with van der Waals surface area (Å²) in [7, 11) is 0. The molecule has 2 N–H and O–H groups in total. The Morgan fingerprint density at radius 2 is 2.06 bits per heavy atom. The SMILES string of the molecule is Cc1cc(C)c(C(O)=CC(=O)C(F)F)c(=O)[nH]1. The fraction of sp³-hybridized carbons (Fsp3) is 0.273. The van der Waals surface area contributed by atoms with Crippen molar-refractivity contribution in [1.29, 1.82) is 0 Å². The highest BCUT2D eigenvalue weighted by molar-refractivity contribution is 5.97. The van der Waals surface area contributed by atoms with E-state index in [1.54, 1.807) is 13.0 Å². The fourth-order valence-electron chi connectivity index (χ4n) is 1.44. The molecule has 0 aliphatic heterocycles. The number of aliphatic hydroxyl groups is 1. The second-order valence-corrected chi connectivity index (χ2v) is 3.57. The number of alkyl halides is 2. The molecule has 6 heteroatoms. The number of hydrogen-bond acceptors (Lipinski definition) is 3. The minimum absolute atomic E-state index is 0.176. The van der Waals surface area contributed by atoms with Crippen LogP contribution in [0.4, 0.5) is 8.78 Å². The standard InChI is InChI=1S/C11H11F2NO3/c1-5-3-6(2)14-11(17)9(5)7(15)4-8(16)10(12)13/h3-4,10,15H,1-2H3,(H,14,17). The molecule has 0 aliphatic carbocycles. The Morgan fingerprint density at radius 1 is 1.47 bits per heavy atom. The molecule has 1 aromatic heterocycles. The summed E-state index contributed by atoms with van der Waals surface area (Å²) in [5.74, 6) is -2.30. The second kappa shape index (κ2) is 4.90. The van der Waals surface area contributed by atoms with Gasteiger partial charge in [0.1, 0.15) is 5.76 Å². The maximum Gasteiger partial charge on any atom is 0.300 e. The summed E-state index contributed by atoms with van der Waals surface area (Å²) in [4.78, 5) is 24.6. The van der Waals surface area contributed by atoms with E-state index >= 15 is 0 Å². The van der Waals surface area contributed by atoms with Crippen molar-refractivity contribution in [2.45, 2.75) is 20.3 Å². The van der Waals surface area contributed by atoms with Crippen molar-refractivity contribution in [1.82, 2.24) is 4.98 Å². The molecule has 0 aliphatic rings. The molecular formula is C11H11F2NO3. The van der Waals surface area contributed by atoms with Crippen LogP contribution in [0.25, 0.3) is 5.76 Å². The van der Waals surface area contributed by atoms with Crippen LogP contribution in [0.1, 0.15) is 16.8 Å². The minimum Gasteiger partial charge on any atom is -0.507 e. The lowest BCUT2D eigenvalue weighted by molar-refractivity contribution is -0.124. The highest BCUT2D eigenvalue weighted by Crippen LogP contribution is 2.13. The van der Waals surface area contributed by atoms with E-state index in [0.29, 0.717) is 17.3 Å². The number of allylic oxidation sites excluding steroid dienone is 1. The Kier molecular flexibility index (Phi) is 3.77. The number of aromatic nitrogens is 1. The minimum atomic E-state index is -3.21. The van der Waals surface area contributed by atoms with E-state index in [4.69, 9.17) is 0 Å². The van der Waals surface area contributed by atoms with Crippen molar-refractivity contribution in [3.63, 3.8) is 0 Å². The summed E-state index contributed by atoms with van der Waals surface area (Å²) in [5, 5.41) is 9.48. The maximum absolute atomic E-state index is 12.0. The lowest BCUT2D eigenvalue weighted by Crippen LogP contribution is -2.16. The van der Waals surface area contributed by atoms with Gasteiger partial charge in [0, 0.05) is 11.8 Å². The van der Waals surface area contributed by atoms with Gasteiger partial charge in [0.25, 0.3) is 12.0 Å². The van der Waals surface area contributed by atoms with Gasteiger partial charge in [0.05, 0.1) is 5.56 Å². The van der Waals surface area contributed by atoms with Crippen molar-refractivity contribution >= 4 is 11.5 Å². The molecule has 92 valence electrons. The van der Waals surface area contributed by atoms with Crippen molar-refractivity contribution in [3.8, 4) is 0 Å². The van der Waals surface area contributed by atoms with Crippen LogP contribution in [0.5, 0.6) is 0 Å². The first-order valence-electron chi connectivity index (χ1n) is 4.76. The highest BCUT2D eigenvalue weighted by Gasteiger charge is 2.16. The van der Waals surface area contributed by atoms with Gasteiger partial charge >= 0.3 is 0 Å². The first kappa shape index (κ1) is 13.1. The summed E-state index contributed by atoms with van der Waals surface area (Å²) in [6.45, 7) is 3.18. The van der Waals surface area contributed by atoms with Crippen LogP contribution in [-0.2, 0) is 4.79 Å². The molecular weight excluding hydrogens is 232 g/mol. The van der Waals surface area contributed by atoms with Gasteiger partial charge < -0.3 is 10.1 Å². The summed E-state index contributed by atoms with van der Waals surface area (Å²) < 4.78 is 24.0. The van der Waals surface area contributed by atoms with Crippen molar-refractivity contribution in [2.75, 3.05) is 0 Å². The van der Waals surface area contributed by atoms with E-state index in [0.717, 1.165) is 0 Å². The van der Waals surface area contributed by atoms with Gasteiger partial charge in [-0.3, -0.25) is 9.59 Å². The van der Waals surface area contributed by atoms with E-state index in [9.17, 15) is 23.5 Å². The molecule has 0 unspecified atom stereocenters. The second-order valence-electron chi connectivity index (χ2n) is 3.57. The average Bonchev–Trinajstić information content (AvgIpc) is 2.15. The molecule has 0 saturated carbocycles. The Hall–Kier alpha value is -1.98. The largest absolute Gasteiger partial charge is 0.507 e. The topological polar surface area (TPSA) is 70.2 Å². The number of pyridine rings is 1. The number of carbonyl (C=O) groups is 1. The van der Waals surface area contributed by atoms with E-state index in [2.05, 4.69) is 4.98 Å². The summed E-state index contributed by atoms with van der Waals surface area (Å²) in [6.07, 6.45) is -2.85. The molecule has 0 atom stereocenters. The van der Waals surface area contributed by atoms with Crippen LogP contribution in [0.3, 0.4) is 0 Å². The van der Waals surface area contributed by atoms with E-state index in [1.807, 2.05) is 0 Å². The molecule has 0 aromatic carbocycles. The van der Waals surface area contributed by atoms with Gasteiger partial charge in [-0.1, -0.05) is 0 Å². The van der Waals surface area contributed by atoms with E-state index < -0.39 is 23.5 Å². The molecule has 0 spiro atoms. The molecule has 0 amide bonds. The van der Waals surface area contributed by atoms with Gasteiger partial charge in [-0.05, 0) is 25.5 Å². The molecule has 1 heterocycles. The first-order chi connectivity index (χ1) is 7.82. The molecule has 0 radical (unpaired) electrons. The van der Waals surface area contributed by atoms with E-state index in [1.165, 1.54) is 6.92 Å². The molecule has 0 fully saturated rings.